The third kappa shape index (κ3) is 4.36. The maximum atomic E-state index is 13.4. The fraction of sp³-hybridized carbons (Fsp3) is 0.261. The summed E-state index contributed by atoms with van der Waals surface area (Å²) >= 11 is 1.56. The highest BCUT2D eigenvalue weighted by atomic mass is 32.1. The van der Waals surface area contributed by atoms with Gasteiger partial charge in [0.1, 0.15) is 5.75 Å². The number of methoxy groups -OCH3 is 1. The van der Waals surface area contributed by atoms with E-state index in [-0.39, 0.29) is 5.91 Å². The number of thiazole rings is 1. The number of aryl methyl sites for hydroxylation is 2. The number of amides is 1. The van der Waals surface area contributed by atoms with Gasteiger partial charge in [-0.25, -0.2) is 9.97 Å². The highest BCUT2D eigenvalue weighted by Gasteiger charge is 2.21. The van der Waals surface area contributed by atoms with Crippen molar-refractivity contribution in [2.24, 2.45) is 0 Å². The molecule has 0 spiro atoms. The van der Waals surface area contributed by atoms with Gasteiger partial charge in [-0.2, -0.15) is 0 Å². The molecule has 6 nitrogen and oxygen atoms in total. The van der Waals surface area contributed by atoms with E-state index in [9.17, 15) is 4.79 Å². The number of ether oxygens (including phenoxy) is 1. The summed E-state index contributed by atoms with van der Waals surface area (Å²) in [4.78, 5) is 24.0. The number of rotatable bonds is 8. The first-order valence-electron chi connectivity index (χ1n) is 9.99. The van der Waals surface area contributed by atoms with Crippen LogP contribution in [0.15, 0.2) is 61.2 Å². The van der Waals surface area contributed by atoms with Gasteiger partial charge in [-0.3, -0.25) is 9.69 Å². The minimum Gasteiger partial charge on any atom is -0.497 e. The molecule has 0 aliphatic carbocycles. The summed E-state index contributed by atoms with van der Waals surface area (Å²) in [5, 5.41) is 0.727. The lowest BCUT2D eigenvalue weighted by Crippen LogP contribution is -2.32. The summed E-state index contributed by atoms with van der Waals surface area (Å²) in [7, 11) is 1.62. The smallest absolute Gasteiger partial charge is 0.260 e. The third-order valence-electron chi connectivity index (χ3n) is 5.02. The Balaban J connectivity index is 1.62. The lowest BCUT2D eigenvalue weighted by Gasteiger charge is -2.20. The van der Waals surface area contributed by atoms with E-state index in [2.05, 4.69) is 24.0 Å². The molecular formula is C23H24N4O2S. The first-order chi connectivity index (χ1) is 14.7. The van der Waals surface area contributed by atoms with Crippen molar-refractivity contribution in [3.8, 4) is 5.75 Å². The van der Waals surface area contributed by atoms with E-state index in [4.69, 9.17) is 9.72 Å². The zero-order valence-corrected chi connectivity index (χ0v) is 17.9. The first kappa shape index (κ1) is 20.1. The molecule has 0 bridgehead atoms. The molecule has 0 radical (unpaired) electrons. The van der Waals surface area contributed by atoms with Crippen LogP contribution in [0.3, 0.4) is 0 Å². The van der Waals surface area contributed by atoms with Gasteiger partial charge in [-0.1, -0.05) is 24.3 Å². The molecule has 0 aliphatic rings. The number of carbonyl (C=O) groups excluding carboxylic acids is 1. The van der Waals surface area contributed by atoms with Crippen molar-refractivity contribution in [2.45, 2.75) is 26.3 Å². The van der Waals surface area contributed by atoms with Crippen LogP contribution in [0.4, 0.5) is 5.13 Å². The van der Waals surface area contributed by atoms with E-state index >= 15 is 0 Å². The van der Waals surface area contributed by atoms with Gasteiger partial charge in [0.2, 0.25) is 0 Å². The molecule has 0 saturated heterocycles. The Labute approximate surface area is 179 Å². The number of anilines is 1. The molecule has 0 saturated carbocycles. The zero-order chi connectivity index (χ0) is 20.9. The van der Waals surface area contributed by atoms with Crippen LogP contribution in [0.25, 0.3) is 10.2 Å². The van der Waals surface area contributed by atoms with Crippen molar-refractivity contribution in [3.63, 3.8) is 0 Å². The Kier molecular flexibility index (Phi) is 6.09. The number of benzene rings is 2. The number of imidazole rings is 1. The van der Waals surface area contributed by atoms with Gasteiger partial charge in [0.15, 0.2) is 5.13 Å². The molecule has 0 unspecified atom stereocenters. The maximum absolute atomic E-state index is 13.4. The molecule has 2 heterocycles. The molecule has 0 atom stereocenters. The Hall–Kier alpha value is -3.19. The van der Waals surface area contributed by atoms with E-state index in [1.807, 2.05) is 29.0 Å². The average molecular weight is 421 g/mol. The second-order valence-corrected chi connectivity index (χ2v) is 8.00. The molecule has 0 fully saturated rings. The predicted molar refractivity (Wildman–Crippen MR) is 121 cm³/mol. The van der Waals surface area contributed by atoms with Crippen LogP contribution in [0, 0.1) is 0 Å². The molecule has 4 rings (SSSR count). The molecule has 30 heavy (non-hydrogen) atoms. The second kappa shape index (κ2) is 9.09. The van der Waals surface area contributed by atoms with Crippen LogP contribution < -0.4 is 9.64 Å². The first-order valence-corrected chi connectivity index (χ1v) is 10.8. The van der Waals surface area contributed by atoms with E-state index < -0.39 is 0 Å². The standard InChI is InChI=1S/C23H24N4O2S/c1-3-17-5-10-20-21(15-17)30-23(25-20)27(13-4-12-26-14-11-24-16-26)22(28)18-6-8-19(29-2)9-7-18/h5-11,14-16H,3-4,12-13H2,1-2H3. The van der Waals surface area contributed by atoms with Crippen LogP contribution >= 0.6 is 11.3 Å². The number of carbonyl (C=O) groups is 1. The lowest BCUT2D eigenvalue weighted by atomic mass is 10.2. The minimum atomic E-state index is -0.0574. The largest absolute Gasteiger partial charge is 0.497 e. The molecule has 2 aromatic heterocycles. The van der Waals surface area contributed by atoms with E-state index in [0.29, 0.717) is 12.1 Å². The van der Waals surface area contributed by atoms with Gasteiger partial charge < -0.3 is 9.30 Å². The molecule has 1 amide bonds. The van der Waals surface area contributed by atoms with E-state index in [0.717, 1.165) is 40.5 Å². The molecule has 4 aromatic rings. The summed E-state index contributed by atoms with van der Waals surface area (Å²) < 4.78 is 8.34. The molecule has 0 aliphatic heterocycles. The van der Waals surface area contributed by atoms with Gasteiger partial charge in [0, 0.05) is 31.0 Å². The van der Waals surface area contributed by atoms with Crippen molar-refractivity contribution in [1.82, 2.24) is 14.5 Å². The maximum Gasteiger partial charge on any atom is 0.260 e. The fourth-order valence-corrected chi connectivity index (χ4v) is 4.35. The van der Waals surface area contributed by atoms with Gasteiger partial charge >= 0.3 is 0 Å². The van der Waals surface area contributed by atoms with Crippen molar-refractivity contribution in [1.29, 1.82) is 0 Å². The quantitative estimate of drug-likeness (QED) is 0.411. The van der Waals surface area contributed by atoms with Crippen LogP contribution in [-0.4, -0.2) is 34.1 Å². The predicted octanol–water partition coefficient (Wildman–Crippen LogP) is 4.80. The Bertz CT molecular complexity index is 1120. The SMILES string of the molecule is CCc1ccc2nc(N(CCCn3ccnc3)C(=O)c3ccc(OC)cc3)sc2c1. The van der Waals surface area contributed by atoms with Crippen molar-refractivity contribution < 1.29 is 9.53 Å². The number of aromatic nitrogens is 3. The summed E-state index contributed by atoms with van der Waals surface area (Å²) in [6, 6.07) is 13.5. The van der Waals surface area contributed by atoms with Gasteiger partial charge in [0.25, 0.3) is 5.91 Å². The van der Waals surface area contributed by atoms with Crippen LogP contribution in [0.1, 0.15) is 29.3 Å². The van der Waals surface area contributed by atoms with Crippen molar-refractivity contribution in [2.75, 3.05) is 18.6 Å². The van der Waals surface area contributed by atoms with Crippen LogP contribution in [-0.2, 0) is 13.0 Å². The van der Waals surface area contributed by atoms with Crippen LogP contribution in [0.2, 0.25) is 0 Å². The molecule has 7 heteroatoms. The second-order valence-electron chi connectivity index (χ2n) is 6.99. The molecule has 0 N–H and O–H groups in total. The Morgan fingerprint density at radius 2 is 2.03 bits per heavy atom. The normalized spacial score (nSPS) is 11.0. The molecular weight excluding hydrogens is 396 g/mol. The van der Waals surface area contributed by atoms with E-state index in [1.54, 1.807) is 48.0 Å². The summed E-state index contributed by atoms with van der Waals surface area (Å²) in [5.41, 5.74) is 2.81. The number of hydrogen-bond acceptors (Lipinski definition) is 5. The topological polar surface area (TPSA) is 60.2 Å². The molecule has 2 aromatic carbocycles. The van der Waals surface area contributed by atoms with Crippen LogP contribution in [0.5, 0.6) is 5.75 Å². The third-order valence-corrected chi connectivity index (χ3v) is 6.06. The number of fused-ring (bicyclic) bond motifs is 1. The Morgan fingerprint density at radius 1 is 1.20 bits per heavy atom. The summed E-state index contributed by atoms with van der Waals surface area (Å²) in [6.07, 6.45) is 7.26. The zero-order valence-electron chi connectivity index (χ0n) is 17.1. The Morgan fingerprint density at radius 3 is 2.73 bits per heavy atom. The van der Waals surface area contributed by atoms with E-state index in [1.165, 1.54) is 5.56 Å². The van der Waals surface area contributed by atoms with Gasteiger partial charge in [-0.15, -0.1) is 0 Å². The monoisotopic (exact) mass is 420 g/mol. The van der Waals surface area contributed by atoms with Crippen molar-refractivity contribution in [3.05, 3.63) is 72.3 Å². The number of hydrogen-bond donors (Lipinski definition) is 0. The lowest BCUT2D eigenvalue weighted by molar-refractivity contribution is 0.0986. The minimum absolute atomic E-state index is 0.0574. The van der Waals surface area contributed by atoms with Gasteiger partial charge in [-0.05, 0) is 54.8 Å². The summed E-state index contributed by atoms with van der Waals surface area (Å²) in [5.74, 6) is 0.670. The van der Waals surface area contributed by atoms with Gasteiger partial charge in [0.05, 0.1) is 23.7 Å². The highest BCUT2D eigenvalue weighted by Crippen LogP contribution is 2.31. The molecule has 154 valence electrons. The average Bonchev–Trinajstić information content (AvgIpc) is 3.45. The number of nitrogens with zero attached hydrogens (tertiary/aromatic N) is 4. The van der Waals surface area contributed by atoms with Crippen molar-refractivity contribution >= 4 is 32.6 Å². The summed E-state index contributed by atoms with van der Waals surface area (Å²) in [6.45, 7) is 3.50. The highest BCUT2D eigenvalue weighted by molar-refractivity contribution is 7.22. The fourth-order valence-electron chi connectivity index (χ4n) is 3.30.